The van der Waals surface area contributed by atoms with Crippen molar-refractivity contribution in [3.8, 4) is 0 Å². The first-order chi connectivity index (χ1) is 32.8. The van der Waals surface area contributed by atoms with E-state index in [1.54, 1.807) is 26.8 Å². The lowest BCUT2D eigenvalue weighted by Gasteiger charge is -2.30. The number of para-hydroxylation sites is 1. The van der Waals surface area contributed by atoms with Crippen LogP contribution >= 0.6 is 0 Å². The number of carboxylic acid groups (broad SMARTS) is 3. The van der Waals surface area contributed by atoms with Crippen LogP contribution in [0, 0.1) is 17.8 Å². The van der Waals surface area contributed by atoms with Crippen LogP contribution in [-0.4, -0.2) is 152 Å². The molecule has 19 heteroatoms. The zero-order chi connectivity index (χ0) is 50.6. The number of carbonyl (C=O) groups is 9. The van der Waals surface area contributed by atoms with Gasteiger partial charge >= 0.3 is 17.9 Å². The summed E-state index contributed by atoms with van der Waals surface area (Å²) in [7, 11) is 0. The SMILES string of the molecule is CCC(C)[C@H](NC(=O)[C@@H](CC(C)=O)Cc1c[nH]c2ccccc12)C(=O)C[C@@H](CCC(N)=O)C(=O)NCc1ccc(CCC(=O)CCC(C(=O)O)N2CCN(CC(=O)O)CCN(CC(=O)O)CC2)cc1. The van der Waals surface area contributed by atoms with Gasteiger partial charge in [0.1, 0.15) is 17.6 Å². The maximum atomic E-state index is 14.0. The number of Topliss-reactive ketones (excluding diaryl/α,β-unsaturated/α-hetero) is 3. The molecule has 0 radical (unpaired) electrons. The molecule has 3 aromatic rings. The van der Waals surface area contributed by atoms with Crippen LogP contribution in [-0.2, 0) is 62.5 Å². The second-order valence-corrected chi connectivity index (χ2v) is 18.3. The number of ketones is 3. The molecule has 376 valence electrons. The largest absolute Gasteiger partial charge is 0.480 e. The Balaban J connectivity index is 1.32. The number of amides is 3. The summed E-state index contributed by atoms with van der Waals surface area (Å²) in [5, 5.41) is 35.6. The van der Waals surface area contributed by atoms with Crippen molar-refractivity contribution in [2.24, 2.45) is 23.5 Å². The monoisotopic (exact) mass is 960 g/mol. The molecule has 1 fully saturated rings. The second kappa shape index (κ2) is 27.6. The quantitative estimate of drug-likeness (QED) is 0.0527. The van der Waals surface area contributed by atoms with E-state index < -0.39 is 59.5 Å². The first kappa shape index (κ1) is 55.3. The number of benzene rings is 2. The summed E-state index contributed by atoms with van der Waals surface area (Å²) in [5.74, 6) is -7.43. The molecule has 5 atom stereocenters. The van der Waals surface area contributed by atoms with E-state index in [1.165, 1.54) is 6.92 Å². The average Bonchev–Trinajstić information content (AvgIpc) is 3.74. The maximum absolute atomic E-state index is 14.0. The van der Waals surface area contributed by atoms with E-state index >= 15 is 0 Å². The van der Waals surface area contributed by atoms with Crippen LogP contribution in [0.5, 0.6) is 0 Å². The third kappa shape index (κ3) is 18.6. The molecular weight excluding hydrogens is 891 g/mol. The van der Waals surface area contributed by atoms with Crippen LogP contribution in [0.4, 0.5) is 0 Å². The van der Waals surface area contributed by atoms with Gasteiger partial charge < -0.3 is 41.5 Å². The van der Waals surface area contributed by atoms with E-state index in [1.807, 2.05) is 56.4 Å². The lowest BCUT2D eigenvalue weighted by Crippen LogP contribution is -2.49. The third-order valence-electron chi connectivity index (χ3n) is 12.9. The number of hydrogen-bond donors (Lipinski definition) is 7. The highest BCUT2D eigenvalue weighted by Crippen LogP contribution is 2.24. The number of primary amides is 1. The van der Waals surface area contributed by atoms with Gasteiger partial charge in [0.2, 0.25) is 17.7 Å². The fourth-order valence-corrected chi connectivity index (χ4v) is 8.72. The minimum atomic E-state index is -1.13. The highest BCUT2D eigenvalue weighted by Gasteiger charge is 2.34. The molecular formula is C50H69N7O12. The number of rotatable bonds is 29. The maximum Gasteiger partial charge on any atom is 0.320 e. The molecule has 8 N–H and O–H groups in total. The first-order valence-corrected chi connectivity index (χ1v) is 23.7. The number of carbonyl (C=O) groups excluding carboxylic acids is 6. The van der Waals surface area contributed by atoms with E-state index in [9.17, 15) is 58.5 Å². The van der Waals surface area contributed by atoms with Crippen LogP contribution in [0.3, 0.4) is 0 Å². The Hall–Kier alpha value is -6.31. The Morgan fingerprint density at radius 2 is 1.35 bits per heavy atom. The normalized spacial score (nSPS) is 16.2. The van der Waals surface area contributed by atoms with Gasteiger partial charge in [-0.05, 0) is 61.3 Å². The molecule has 1 aliphatic rings. The smallest absolute Gasteiger partial charge is 0.320 e. The Labute approximate surface area is 402 Å². The van der Waals surface area contributed by atoms with Gasteiger partial charge in [-0.3, -0.25) is 53.1 Å². The number of aromatic nitrogens is 1. The van der Waals surface area contributed by atoms with E-state index in [-0.39, 0.29) is 120 Å². The van der Waals surface area contributed by atoms with Crippen molar-refractivity contribution in [3.05, 3.63) is 71.4 Å². The number of aliphatic carboxylic acids is 3. The van der Waals surface area contributed by atoms with Crippen molar-refractivity contribution in [1.82, 2.24) is 30.3 Å². The molecule has 0 saturated carbocycles. The van der Waals surface area contributed by atoms with E-state index in [2.05, 4.69) is 15.6 Å². The number of aromatic amines is 1. The number of H-pyrrole nitrogens is 1. The van der Waals surface area contributed by atoms with Gasteiger partial charge in [0, 0.05) is 107 Å². The number of carboxylic acids is 3. The Morgan fingerprint density at radius 3 is 1.93 bits per heavy atom. The van der Waals surface area contributed by atoms with Crippen LogP contribution in [0.1, 0.15) is 88.8 Å². The molecule has 2 aromatic carbocycles. The Morgan fingerprint density at radius 1 is 0.739 bits per heavy atom. The van der Waals surface area contributed by atoms with Crippen molar-refractivity contribution in [2.45, 2.75) is 104 Å². The van der Waals surface area contributed by atoms with E-state index in [0.29, 0.717) is 25.9 Å². The van der Waals surface area contributed by atoms with Gasteiger partial charge in [-0.1, -0.05) is 62.7 Å². The number of aryl methyl sites for hydroxylation is 1. The second-order valence-electron chi connectivity index (χ2n) is 18.3. The van der Waals surface area contributed by atoms with Crippen LogP contribution in [0.2, 0.25) is 0 Å². The summed E-state index contributed by atoms with van der Waals surface area (Å²) in [6, 6.07) is 12.9. The predicted molar refractivity (Wildman–Crippen MR) is 256 cm³/mol. The van der Waals surface area contributed by atoms with Gasteiger partial charge in [0.05, 0.1) is 19.1 Å². The molecule has 3 amide bonds. The van der Waals surface area contributed by atoms with Crippen LogP contribution in [0.15, 0.2) is 54.7 Å². The zero-order valence-electron chi connectivity index (χ0n) is 40.0. The Bertz CT molecular complexity index is 2230. The molecule has 69 heavy (non-hydrogen) atoms. The molecule has 1 aliphatic heterocycles. The number of nitrogens with two attached hydrogens (primary N) is 1. The number of nitrogens with zero attached hydrogens (tertiary/aromatic N) is 3. The van der Waals surface area contributed by atoms with Gasteiger partial charge in [-0.2, -0.15) is 0 Å². The molecule has 2 unspecified atom stereocenters. The standard InChI is InChI=1S/C50H69N7O12/c1-4-32(2)47(54-49(67)37(25-33(3)58)26-38-29-52-41-8-6-5-7-40(38)41)43(60)27-36(14-18-44(51)61)48(66)53-28-35-11-9-34(10-12-35)13-15-39(59)16-17-42(50(68)69)57-23-21-55(30-45(62)63)19-20-56(22-24-57)31-46(64)65/h5-12,29,32,36-37,42,47,52H,4,13-28,30-31H2,1-3H3,(H2,51,61)(H,53,66)(H,54,67)(H,62,63)(H,64,65)(H,68,69)/t32?,36-,37+,42?,47+/m1/s1. The highest BCUT2D eigenvalue weighted by molar-refractivity contribution is 5.94. The van der Waals surface area contributed by atoms with Crippen LogP contribution < -0.4 is 16.4 Å². The van der Waals surface area contributed by atoms with Crippen molar-refractivity contribution in [3.63, 3.8) is 0 Å². The highest BCUT2D eigenvalue weighted by atomic mass is 16.4. The molecule has 0 bridgehead atoms. The fourth-order valence-electron chi connectivity index (χ4n) is 8.72. The molecule has 1 aromatic heterocycles. The molecule has 2 heterocycles. The fraction of sp³-hybridized carbons (Fsp3) is 0.540. The predicted octanol–water partition coefficient (Wildman–Crippen LogP) is 2.82. The number of nitrogens with one attached hydrogen (secondary N) is 3. The van der Waals surface area contributed by atoms with E-state index in [4.69, 9.17) is 5.73 Å². The summed E-state index contributed by atoms with van der Waals surface area (Å²) < 4.78 is 0. The van der Waals surface area contributed by atoms with Gasteiger partial charge in [-0.25, -0.2) is 0 Å². The molecule has 0 spiro atoms. The molecule has 4 rings (SSSR count). The lowest BCUT2D eigenvalue weighted by atomic mass is 9.86. The number of fused-ring (bicyclic) bond motifs is 1. The zero-order valence-corrected chi connectivity index (χ0v) is 40.0. The third-order valence-corrected chi connectivity index (χ3v) is 12.9. The van der Waals surface area contributed by atoms with E-state index in [0.717, 1.165) is 27.6 Å². The van der Waals surface area contributed by atoms with Crippen LogP contribution in [0.25, 0.3) is 10.9 Å². The van der Waals surface area contributed by atoms with Gasteiger partial charge in [-0.15, -0.1) is 0 Å². The van der Waals surface area contributed by atoms with Crippen molar-refractivity contribution in [2.75, 3.05) is 52.4 Å². The topological polar surface area (TPSA) is 290 Å². The van der Waals surface area contributed by atoms with Crippen molar-refractivity contribution in [1.29, 1.82) is 0 Å². The van der Waals surface area contributed by atoms with Crippen molar-refractivity contribution < 1.29 is 58.5 Å². The van der Waals surface area contributed by atoms with Crippen molar-refractivity contribution >= 4 is 63.9 Å². The average molecular weight is 960 g/mol. The summed E-state index contributed by atoms with van der Waals surface area (Å²) in [5.41, 5.74) is 8.78. The molecule has 0 aliphatic carbocycles. The Kier molecular flexibility index (Phi) is 22.1. The minimum absolute atomic E-state index is 0.00858. The van der Waals surface area contributed by atoms with Gasteiger partial charge in [0.15, 0.2) is 5.78 Å². The summed E-state index contributed by atoms with van der Waals surface area (Å²) in [4.78, 5) is 122. The molecule has 19 nitrogen and oxygen atoms in total. The molecule has 1 saturated heterocycles. The first-order valence-electron chi connectivity index (χ1n) is 23.7. The number of hydrogen-bond acceptors (Lipinski definition) is 12. The van der Waals surface area contributed by atoms with Gasteiger partial charge in [0.25, 0.3) is 0 Å². The summed E-state index contributed by atoms with van der Waals surface area (Å²) >= 11 is 0. The minimum Gasteiger partial charge on any atom is -0.480 e. The summed E-state index contributed by atoms with van der Waals surface area (Å²) in [6.07, 6.45) is 2.76. The summed E-state index contributed by atoms with van der Waals surface area (Å²) in [6.45, 7) is 6.29. The lowest BCUT2D eigenvalue weighted by molar-refractivity contribution is -0.144.